The topological polar surface area (TPSA) is 232 Å². The van der Waals surface area contributed by atoms with E-state index in [2.05, 4.69) is 47.3 Å². The van der Waals surface area contributed by atoms with Gasteiger partial charge in [0.05, 0.1) is 22.2 Å². The van der Waals surface area contributed by atoms with Crippen molar-refractivity contribution in [1.29, 1.82) is 0 Å². The second kappa shape index (κ2) is 20.8. The molecule has 17 nitrogen and oxygen atoms in total. The number of nitrogens with one attached hydrogen (secondary N) is 2. The van der Waals surface area contributed by atoms with Crippen molar-refractivity contribution in [2.45, 2.75) is 96.4 Å². The molecule has 1 saturated carbocycles. The molecule has 4 aliphatic heterocycles. The van der Waals surface area contributed by atoms with Crippen LogP contribution in [0.3, 0.4) is 0 Å². The summed E-state index contributed by atoms with van der Waals surface area (Å²) in [7, 11) is 0. The normalized spacial score (nSPS) is 19.7. The number of aromatic hydroxyl groups is 1. The summed E-state index contributed by atoms with van der Waals surface area (Å²) in [4.78, 5) is 50.9. The van der Waals surface area contributed by atoms with E-state index in [1.807, 2.05) is 69.0 Å². The second-order valence-electron chi connectivity index (χ2n) is 20.7. The fraction of sp³-hybridized carbons (Fsp3) is 0.444. The number of anilines is 3. The third kappa shape index (κ3) is 10.2. The quantitative estimate of drug-likeness (QED) is 0.0666. The number of carbonyl (C=O) groups is 2. The number of aryl methyl sites for hydroxylation is 1. The summed E-state index contributed by atoms with van der Waals surface area (Å²) < 4.78 is 5.78. The number of piperidine rings is 1. The van der Waals surface area contributed by atoms with E-state index < -0.39 is 6.10 Å². The molecule has 4 fully saturated rings. The maximum absolute atomic E-state index is 13.3. The number of likely N-dealkylation sites (tertiary alicyclic amines) is 2. The monoisotopic (exact) mass is 994 g/mol. The van der Waals surface area contributed by atoms with Crippen LogP contribution in [0.25, 0.3) is 22.2 Å². The highest BCUT2D eigenvalue weighted by Crippen LogP contribution is 2.52. The minimum Gasteiger partial charge on any atom is -0.507 e. The number of nitrogens with two attached hydrogens (primary N) is 2. The Morgan fingerprint density at radius 2 is 1.76 bits per heavy atom. The number of β-amino-alcohol motifs (C(OH)–C–C–N with tert-alkyl or cyclic N) is 1. The van der Waals surface area contributed by atoms with Gasteiger partial charge >= 0.3 is 0 Å². The Labute approximate surface area is 424 Å². The van der Waals surface area contributed by atoms with Gasteiger partial charge in [-0.25, -0.2) is 15.0 Å². The SMILES string of the molecule is CC(C)C(C(=O)N1CCC(O)C1)c1cc(N2CC3(CC(N4CCC(c5cnc(N6CCc7[nH]c(N)c(/C=C(\N)c8ccccc8O)c7C6)nc5)CC4)C3)C2)no1.Cc1ncsc1-c1ccc(CNC=O)cc1. The van der Waals surface area contributed by atoms with Crippen molar-refractivity contribution in [1.82, 2.24) is 40.2 Å². The Morgan fingerprint density at radius 1 is 1.01 bits per heavy atom. The molecule has 11 rings (SSSR count). The van der Waals surface area contributed by atoms with Crippen LogP contribution in [0.2, 0.25) is 0 Å². The predicted molar refractivity (Wildman–Crippen MR) is 280 cm³/mol. The maximum Gasteiger partial charge on any atom is 0.233 e. The van der Waals surface area contributed by atoms with Crippen LogP contribution in [0.5, 0.6) is 5.75 Å². The van der Waals surface area contributed by atoms with Crippen molar-refractivity contribution in [3.05, 3.63) is 117 Å². The van der Waals surface area contributed by atoms with Crippen molar-refractivity contribution in [3.8, 4) is 16.2 Å². The summed E-state index contributed by atoms with van der Waals surface area (Å²) in [5, 5.41) is 27.3. The van der Waals surface area contributed by atoms with E-state index in [0.717, 1.165) is 85.9 Å². The minimum atomic E-state index is -0.439. The second-order valence-corrected chi connectivity index (χ2v) is 21.6. The van der Waals surface area contributed by atoms with Gasteiger partial charge in [-0.05, 0) is 98.9 Å². The molecule has 0 radical (unpaired) electrons. The fourth-order valence-corrected chi connectivity index (χ4v) is 12.3. The van der Waals surface area contributed by atoms with Crippen LogP contribution in [0.1, 0.15) is 103 Å². The van der Waals surface area contributed by atoms with Crippen LogP contribution in [0, 0.1) is 18.3 Å². The van der Waals surface area contributed by atoms with Crippen LogP contribution >= 0.6 is 11.3 Å². The van der Waals surface area contributed by atoms with Crippen molar-refractivity contribution in [2.75, 3.05) is 61.3 Å². The van der Waals surface area contributed by atoms with Gasteiger partial charge < -0.3 is 56.1 Å². The number of aliphatic hydroxyl groups excluding tert-OH is 1. The average molecular weight is 995 g/mol. The van der Waals surface area contributed by atoms with Crippen molar-refractivity contribution in [3.63, 3.8) is 0 Å². The molecule has 5 aliphatic rings. The Balaban J connectivity index is 0.000000317. The molecule has 8 N–H and O–H groups in total. The molecule has 6 aromatic rings. The highest BCUT2D eigenvalue weighted by atomic mass is 32.1. The molecule has 2 aromatic carbocycles. The zero-order valence-corrected chi connectivity index (χ0v) is 42.2. The zero-order chi connectivity index (χ0) is 50.1. The van der Waals surface area contributed by atoms with E-state index in [0.29, 0.717) is 85.2 Å². The smallest absolute Gasteiger partial charge is 0.233 e. The number of hydrogen-bond donors (Lipinski definition) is 6. The molecule has 2 unspecified atom stereocenters. The number of carbonyl (C=O) groups excluding carboxylic acids is 2. The first-order valence-corrected chi connectivity index (χ1v) is 26.1. The van der Waals surface area contributed by atoms with Gasteiger partial charge in [-0.15, -0.1) is 11.3 Å². The number of para-hydroxylation sites is 1. The van der Waals surface area contributed by atoms with Crippen LogP contribution in [-0.4, -0.2) is 115 Å². The van der Waals surface area contributed by atoms with Crippen LogP contribution in [0.15, 0.2) is 77.0 Å². The first kappa shape index (κ1) is 48.8. The Kier molecular flexibility index (Phi) is 14.1. The predicted octanol–water partition coefficient (Wildman–Crippen LogP) is 6.65. The number of aliphatic hydroxyl groups is 1. The number of hydrogen-bond acceptors (Lipinski definition) is 15. The lowest BCUT2D eigenvalue weighted by molar-refractivity contribution is -0.133. The van der Waals surface area contributed by atoms with Gasteiger partial charge in [0.15, 0.2) is 11.6 Å². The highest BCUT2D eigenvalue weighted by Gasteiger charge is 2.54. The van der Waals surface area contributed by atoms with Crippen LogP contribution in [0.4, 0.5) is 17.6 Å². The number of benzene rings is 2. The zero-order valence-electron chi connectivity index (χ0n) is 41.3. The number of phenols is 1. The number of aromatic amines is 1. The number of H-pyrrole nitrogens is 1. The summed E-state index contributed by atoms with van der Waals surface area (Å²) in [5.74, 6) is 3.03. The third-order valence-electron chi connectivity index (χ3n) is 15.5. The molecular formula is C54H66N12O5S. The van der Waals surface area contributed by atoms with Gasteiger partial charge in [0, 0.05) is 110 Å². The molecule has 2 amide bonds. The summed E-state index contributed by atoms with van der Waals surface area (Å²) in [6.07, 6.45) is 12.2. The van der Waals surface area contributed by atoms with Gasteiger partial charge in [-0.3, -0.25) is 9.59 Å². The molecular weight excluding hydrogens is 929 g/mol. The highest BCUT2D eigenvalue weighted by molar-refractivity contribution is 7.13. The molecule has 3 saturated heterocycles. The standard InChI is InChI=1S/C42H54N10O4.C12H12N2OS/c1-25(2)38(40(55)50-13-9-29(53)21-50)36-16-37(48-56-36)52-23-42(24-52)17-28(18-42)49-11-7-26(8-12-49)27-19-45-41(46-20-27)51-14-10-34-32(22-51)31(39(44)47-34)15-33(43)30-5-3-4-6-35(30)54;1-9-12(16-8-14-9)11-4-2-10(3-5-11)6-13-7-15/h3-6,15-16,19-20,25-26,28-29,38,47,53-54H,7-14,17-18,21-24,43-44H2,1-2H3;2-5,7-8H,6H2,1H3,(H,13,15)/b33-15-;. The molecule has 1 spiro atoms. The van der Waals surface area contributed by atoms with Gasteiger partial charge in [-0.2, -0.15) is 0 Å². The number of aromatic nitrogens is 5. The van der Waals surface area contributed by atoms with E-state index in [9.17, 15) is 19.8 Å². The summed E-state index contributed by atoms with van der Waals surface area (Å²) >= 11 is 1.64. The molecule has 18 heteroatoms. The molecule has 1 aliphatic carbocycles. The number of amides is 2. The van der Waals surface area contributed by atoms with Gasteiger partial charge in [0.1, 0.15) is 17.5 Å². The largest absolute Gasteiger partial charge is 0.507 e. The molecule has 378 valence electrons. The average Bonchev–Trinajstić information content (AvgIpc) is 4.19. The van der Waals surface area contributed by atoms with Crippen LogP contribution in [-0.2, 0) is 29.1 Å². The van der Waals surface area contributed by atoms with E-state index in [1.54, 1.807) is 34.4 Å². The minimum absolute atomic E-state index is 0.0203. The van der Waals surface area contributed by atoms with Gasteiger partial charge in [0.2, 0.25) is 18.3 Å². The van der Waals surface area contributed by atoms with Crippen LogP contribution < -0.4 is 26.6 Å². The lowest BCUT2D eigenvalue weighted by Crippen LogP contribution is -2.67. The van der Waals surface area contributed by atoms with E-state index in [1.165, 1.54) is 28.8 Å². The lowest BCUT2D eigenvalue weighted by atomic mass is 9.60. The number of nitrogens with zero attached hydrogens (tertiary/aromatic N) is 8. The lowest BCUT2D eigenvalue weighted by Gasteiger charge is -2.61. The summed E-state index contributed by atoms with van der Waals surface area (Å²) in [6.45, 7) is 13.2. The van der Waals surface area contributed by atoms with Crippen molar-refractivity contribution in [2.24, 2.45) is 17.1 Å². The molecule has 4 aromatic heterocycles. The van der Waals surface area contributed by atoms with E-state index in [-0.39, 0.29) is 23.5 Å². The number of nitrogen functional groups attached to an aromatic ring is 1. The number of thiazole rings is 1. The summed E-state index contributed by atoms with van der Waals surface area (Å²) in [5.41, 5.74) is 23.6. The first-order chi connectivity index (χ1) is 34.8. The number of fused-ring (bicyclic) bond motifs is 1. The van der Waals surface area contributed by atoms with Crippen molar-refractivity contribution < 1.29 is 24.3 Å². The Hall–Kier alpha value is -6.76. The summed E-state index contributed by atoms with van der Waals surface area (Å²) in [6, 6.07) is 17.8. The molecule has 2 atom stereocenters. The molecule has 72 heavy (non-hydrogen) atoms. The molecule has 8 heterocycles. The maximum atomic E-state index is 13.3. The first-order valence-electron chi connectivity index (χ1n) is 25.3. The van der Waals surface area contributed by atoms with E-state index >= 15 is 0 Å². The Morgan fingerprint density at radius 3 is 2.43 bits per heavy atom. The van der Waals surface area contributed by atoms with E-state index in [4.69, 9.17) is 26.0 Å². The fourth-order valence-electron chi connectivity index (χ4n) is 11.5. The van der Waals surface area contributed by atoms with Crippen molar-refractivity contribution >= 4 is 53.0 Å². The third-order valence-corrected chi connectivity index (χ3v) is 16.5. The Bertz CT molecular complexity index is 2870. The number of rotatable bonds is 13. The molecule has 0 bridgehead atoms. The number of phenolic OH excluding ortho intramolecular Hbond substituents is 1. The van der Waals surface area contributed by atoms with Gasteiger partial charge in [0.25, 0.3) is 0 Å². The van der Waals surface area contributed by atoms with Gasteiger partial charge in [-0.1, -0.05) is 55.4 Å².